The number of aliphatic imine (C=N–C) groups is 1. The van der Waals surface area contributed by atoms with Crippen LogP contribution in [-0.2, 0) is 28.7 Å². The molecule has 6 nitrogen and oxygen atoms in total. The molecular weight excluding hydrogens is 709 g/mol. The first-order chi connectivity index (χ1) is 24.1. The highest BCUT2D eigenvalue weighted by molar-refractivity contribution is 9.10. The predicted molar refractivity (Wildman–Crippen MR) is 190 cm³/mol. The van der Waals surface area contributed by atoms with Gasteiger partial charge in [-0.25, -0.2) is 4.99 Å². The maximum absolute atomic E-state index is 14.6. The number of amides is 1. The number of halogens is 4. The largest absolute Gasteiger partial charge is 0.494 e. The number of carbonyl (C=O) groups is 1. The second-order valence-electron chi connectivity index (χ2n) is 12.0. The number of alkyl halides is 3. The number of benzene rings is 5. The Labute approximate surface area is 296 Å². The van der Waals surface area contributed by atoms with Gasteiger partial charge in [-0.15, -0.1) is 0 Å². The smallest absolute Gasteiger partial charge is 0.416 e. The van der Waals surface area contributed by atoms with Crippen molar-refractivity contribution in [3.8, 4) is 16.9 Å². The van der Waals surface area contributed by atoms with Crippen molar-refractivity contribution in [2.24, 2.45) is 4.99 Å². The van der Waals surface area contributed by atoms with E-state index in [2.05, 4.69) is 21.2 Å². The topological polar surface area (TPSA) is 80.2 Å². The van der Waals surface area contributed by atoms with Gasteiger partial charge in [-0.05, 0) is 76.3 Å². The van der Waals surface area contributed by atoms with Gasteiger partial charge in [0.05, 0.1) is 12.2 Å². The monoisotopic (exact) mass is 742 g/mol. The number of nitrogens with one attached hydrogen (secondary N) is 1. The highest BCUT2D eigenvalue weighted by atomic mass is 79.9. The fraction of sp³-hybridized carbons (Fsp3) is 0.200. The summed E-state index contributed by atoms with van der Waals surface area (Å²) in [4.78, 5) is 19.6. The molecule has 2 N–H and O–H groups in total. The lowest BCUT2D eigenvalue weighted by atomic mass is 9.81. The molecule has 0 fully saturated rings. The van der Waals surface area contributed by atoms with E-state index in [9.17, 15) is 18.0 Å². The minimum Gasteiger partial charge on any atom is -0.494 e. The molecule has 1 aliphatic heterocycles. The number of aliphatic hydroxyl groups excluding tert-OH is 1. The molecule has 0 unspecified atom stereocenters. The van der Waals surface area contributed by atoms with E-state index in [1.807, 2.05) is 78.9 Å². The summed E-state index contributed by atoms with van der Waals surface area (Å²) in [7, 11) is 0. The average Bonchev–Trinajstić information content (AvgIpc) is 3.52. The van der Waals surface area contributed by atoms with Gasteiger partial charge in [-0.1, -0.05) is 94.8 Å². The van der Waals surface area contributed by atoms with Crippen LogP contribution in [0.25, 0.3) is 11.1 Å². The summed E-state index contributed by atoms with van der Waals surface area (Å²) in [6, 6.07) is 37.2. The quantitative estimate of drug-likeness (QED) is 0.125. The Bertz CT molecular complexity index is 1930. The molecule has 5 aromatic rings. The zero-order chi connectivity index (χ0) is 35.1. The van der Waals surface area contributed by atoms with E-state index >= 15 is 0 Å². The molecular formula is C40H34BrF3N2O4. The second kappa shape index (κ2) is 15.3. The molecule has 0 aliphatic carbocycles. The average molecular weight is 744 g/mol. The van der Waals surface area contributed by atoms with E-state index in [0.717, 1.165) is 33.3 Å². The van der Waals surface area contributed by atoms with Crippen molar-refractivity contribution in [1.29, 1.82) is 0 Å². The Morgan fingerprint density at radius 1 is 0.840 bits per heavy atom. The Morgan fingerprint density at radius 2 is 1.52 bits per heavy atom. The Balaban J connectivity index is 1.40. The SMILES string of the molecule is O=C(NCc1cccc(C(F)(F)F)c1)[C@]1(Cc2ccc(Br)cc2)N=C(c2ccc(OCCCO)cc2)O[C@@H]1c1ccc(-c2ccccc2)cc1. The number of nitrogens with zero attached hydrogens (tertiary/aromatic N) is 1. The van der Waals surface area contributed by atoms with Crippen LogP contribution in [0.4, 0.5) is 13.2 Å². The van der Waals surface area contributed by atoms with Gasteiger partial charge in [0.15, 0.2) is 11.6 Å². The number of carbonyl (C=O) groups excluding carboxylic acids is 1. The van der Waals surface area contributed by atoms with E-state index < -0.39 is 29.3 Å². The van der Waals surface area contributed by atoms with Crippen molar-refractivity contribution in [3.63, 3.8) is 0 Å². The third kappa shape index (κ3) is 8.09. The van der Waals surface area contributed by atoms with Crippen LogP contribution in [0.15, 0.2) is 137 Å². The second-order valence-corrected chi connectivity index (χ2v) is 12.9. The third-order valence-electron chi connectivity index (χ3n) is 8.44. The number of hydrogen-bond acceptors (Lipinski definition) is 5. The molecule has 5 aromatic carbocycles. The molecule has 1 amide bonds. The Morgan fingerprint density at radius 3 is 2.20 bits per heavy atom. The molecule has 0 spiro atoms. The molecule has 0 saturated heterocycles. The summed E-state index contributed by atoms with van der Waals surface area (Å²) in [6.07, 6.45) is -4.76. The number of hydrogen-bond donors (Lipinski definition) is 2. The van der Waals surface area contributed by atoms with Gasteiger partial charge in [-0.3, -0.25) is 4.79 Å². The molecule has 256 valence electrons. The molecule has 0 aromatic heterocycles. The first kappa shape index (κ1) is 34.9. The fourth-order valence-corrected chi connectivity index (χ4v) is 6.13. The molecule has 0 saturated carbocycles. The van der Waals surface area contributed by atoms with Gasteiger partial charge in [0.2, 0.25) is 5.90 Å². The Hall–Kier alpha value is -4.93. The van der Waals surface area contributed by atoms with Crippen molar-refractivity contribution in [2.45, 2.75) is 37.2 Å². The van der Waals surface area contributed by atoms with E-state index in [-0.39, 0.29) is 25.5 Å². The third-order valence-corrected chi connectivity index (χ3v) is 8.97. The maximum Gasteiger partial charge on any atom is 0.416 e. The maximum atomic E-state index is 14.6. The first-order valence-electron chi connectivity index (χ1n) is 16.1. The highest BCUT2D eigenvalue weighted by Gasteiger charge is 2.53. The first-order valence-corrected chi connectivity index (χ1v) is 16.9. The van der Waals surface area contributed by atoms with Gasteiger partial charge >= 0.3 is 6.18 Å². The van der Waals surface area contributed by atoms with Gasteiger partial charge in [0.25, 0.3) is 5.91 Å². The number of rotatable bonds is 12. The van der Waals surface area contributed by atoms with Crippen LogP contribution < -0.4 is 10.1 Å². The van der Waals surface area contributed by atoms with Crippen LogP contribution in [0.1, 0.15) is 40.3 Å². The van der Waals surface area contributed by atoms with Crippen molar-refractivity contribution in [1.82, 2.24) is 5.32 Å². The fourth-order valence-electron chi connectivity index (χ4n) is 5.87. The summed E-state index contributed by atoms with van der Waals surface area (Å²) < 4.78 is 53.6. The molecule has 0 radical (unpaired) electrons. The Kier molecular flexibility index (Phi) is 10.7. The zero-order valence-corrected chi connectivity index (χ0v) is 28.5. The molecule has 2 atom stereocenters. The van der Waals surface area contributed by atoms with Gasteiger partial charge in [0, 0.05) is 36.0 Å². The lowest BCUT2D eigenvalue weighted by molar-refractivity contribution is -0.137. The lowest BCUT2D eigenvalue weighted by Gasteiger charge is -2.31. The van der Waals surface area contributed by atoms with Crippen LogP contribution in [0, 0.1) is 0 Å². The molecule has 0 bridgehead atoms. The van der Waals surface area contributed by atoms with E-state index in [1.165, 1.54) is 6.07 Å². The van der Waals surface area contributed by atoms with E-state index in [0.29, 0.717) is 35.5 Å². The lowest BCUT2D eigenvalue weighted by Crippen LogP contribution is -2.49. The predicted octanol–water partition coefficient (Wildman–Crippen LogP) is 8.71. The molecule has 6 rings (SSSR count). The summed E-state index contributed by atoms with van der Waals surface area (Å²) in [5.74, 6) is 0.359. The van der Waals surface area contributed by atoms with E-state index in [1.54, 1.807) is 30.3 Å². The summed E-state index contributed by atoms with van der Waals surface area (Å²) in [5.41, 5.74) is 2.13. The van der Waals surface area contributed by atoms with E-state index in [4.69, 9.17) is 19.6 Å². The standard InChI is InChI=1S/C40H34BrF3N2O4/c41-34-18-10-27(11-19-34)25-39(38(48)45-26-28-6-4-9-33(24-28)40(42,43)44)36(31-14-12-30(13-15-31)29-7-2-1-3-8-29)50-37(46-39)32-16-20-35(21-17-32)49-23-5-22-47/h1-4,6-21,24,36,47H,5,22-23,25-26H2,(H,45,48)/t36-,39-/m1/s1. The summed E-state index contributed by atoms with van der Waals surface area (Å²) in [5, 5.41) is 12.0. The minimum absolute atomic E-state index is 0.0206. The van der Waals surface area contributed by atoms with Crippen LogP contribution >= 0.6 is 15.9 Å². The number of aliphatic hydroxyl groups is 1. The normalized spacial score (nSPS) is 17.1. The van der Waals surface area contributed by atoms with Crippen molar-refractivity contribution in [3.05, 3.63) is 160 Å². The zero-order valence-electron chi connectivity index (χ0n) is 26.9. The molecule has 1 aliphatic rings. The van der Waals surface area contributed by atoms with Crippen LogP contribution in [0.3, 0.4) is 0 Å². The van der Waals surface area contributed by atoms with Crippen LogP contribution in [0.2, 0.25) is 0 Å². The van der Waals surface area contributed by atoms with Crippen molar-refractivity contribution >= 4 is 27.7 Å². The van der Waals surface area contributed by atoms with Gasteiger partial charge in [-0.2, -0.15) is 13.2 Å². The molecule has 10 heteroatoms. The van der Waals surface area contributed by atoms with Crippen LogP contribution in [0.5, 0.6) is 5.75 Å². The minimum atomic E-state index is -4.52. The van der Waals surface area contributed by atoms with Crippen molar-refractivity contribution in [2.75, 3.05) is 13.2 Å². The van der Waals surface area contributed by atoms with Gasteiger partial charge in [0.1, 0.15) is 5.75 Å². The summed E-state index contributed by atoms with van der Waals surface area (Å²) >= 11 is 3.48. The van der Waals surface area contributed by atoms with Crippen molar-refractivity contribution < 1.29 is 32.5 Å². The molecule has 50 heavy (non-hydrogen) atoms. The summed E-state index contributed by atoms with van der Waals surface area (Å²) in [6.45, 7) is 0.235. The molecule has 1 heterocycles. The van der Waals surface area contributed by atoms with Crippen LogP contribution in [-0.4, -0.2) is 35.7 Å². The highest BCUT2D eigenvalue weighted by Crippen LogP contribution is 2.43. The number of ether oxygens (including phenoxy) is 2. The van der Waals surface area contributed by atoms with Gasteiger partial charge < -0.3 is 19.9 Å².